The van der Waals surface area contributed by atoms with E-state index in [1.165, 1.54) is 71.6 Å². The summed E-state index contributed by atoms with van der Waals surface area (Å²) in [6, 6.07) is 0. The zero-order chi connectivity index (χ0) is 26.6. The molecule has 0 heterocycles. The van der Waals surface area contributed by atoms with Crippen molar-refractivity contribution in [1.29, 1.82) is 0 Å². The summed E-state index contributed by atoms with van der Waals surface area (Å²) in [5, 5.41) is 10.6. The molecule has 0 saturated carbocycles. The standard InChI is InChI=1S/C27H48O8.Na/c1-20(2)18-16-14-12-10-8-6-7-9-11-13-15-17-19-24(28)33-22(4)26(31)35-23(5)27(32)34-21(3)25(29)30;/h20-23H,6-19H2,1-5H3,(H,29,30);/q;+1/p-1. The van der Waals surface area contributed by atoms with Gasteiger partial charge in [0.1, 0.15) is 6.10 Å². The minimum atomic E-state index is -1.56. The Morgan fingerprint density at radius 3 is 1.33 bits per heavy atom. The first-order valence-electron chi connectivity index (χ1n) is 13.4. The van der Waals surface area contributed by atoms with Crippen LogP contribution < -0.4 is 34.7 Å². The van der Waals surface area contributed by atoms with Crippen LogP contribution in [0.15, 0.2) is 0 Å². The summed E-state index contributed by atoms with van der Waals surface area (Å²) >= 11 is 0. The number of rotatable bonds is 21. The van der Waals surface area contributed by atoms with Gasteiger partial charge in [0.25, 0.3) is 0 Å². The number of ether oxygens (including phenoxy) is 3. The van der Waals surface area contributed by atoms with Crippen LogP contribution in [0.2, 0.25) is 0 Å². The van der Waals surface area contributed by atoms with Gasteiger partial charge in [-0.25, -0.2) is 9.59 Å². The molecule has 0 aliphatic heterocycles. The van der Waals surface area contributed by atoms with Crippen molar-refractivity contribution in [2.75, 3.05) is 0 Å². The molecule has 0 N–H and O–H groups in total. The maximum Gasteiger partial charge on any atom is 1.00 e. The third kappa shape index (κ3) is 21.0. The van der Waals surface area contributed by atoms with Crippen molar-refractivity contribution in [3.05, 3.63) is 0 Å². The Balaban J connectivity index is 0. The molecule has 0 aromatic rings. The monoisotopic (exact) mass is 522 g/mol. The van der Waals surface area contributed by atoms with Crippen LogP contribution in [0.3, 0.4) is 0 Å². The molecule has 0 aromatic carbocycles. The van der Waals surface area contributed by atoms with E-state index in [9.17, 15) is 24.3 Å². The molecule has 36 heavy (non-hydrogen) atoms. The van der Waals surface area contributed by atoms with Gasteiger partial charge in [0, 0.05) is 6.42 Å². The molecule has 0 aliphatic rings. The summed E-state index contributed by atoms with van der Waals surface area (Å²) in [6.07, 6.45) is 12.0. The van der Waals surface area contributed by atoms with Crippen molar-refractivity contribution < 1.29 is 68.1 Å². The average Bonchev–Trinajstić information content (AvgIpc) is 2.78. The Kier molecular flexibility index (Phi) is 23.7. The number of carbonyl (C=O) groups is 4. The number of unbranched alkanes of at least 4 members (excludes halogenated alkanes) is 11. The van der Waals surface area contributed by atoms with Gasteiger partial charge in [-0.1, -0.05) is 90.9 Å². The summed E-state index contributed by atoms with van der Waals surface area (Å²) in [4.78, 5) is 46.2. The van der Waals surface area contributed by atoms with Crippen molar-refractivity contribution in [1.82, 2.24) is 0 Å². The fraction of sp³-hybridized carbons (Fsp3) is 0.852. The molecule has 0 rings (SSSR count). The van der Waals surface area contributed by atoms with E-state index in [4.69, 9.17) is 9.47 Å². The molecule has 0 amide bonds. The van der Waals surface area contributed by atoms with E-state index in [-0.39, 0.29) is 36.0 Å². The van der Waals surface area contributed by atoms with E-state index in [1.54, 1.807) is 0 Å². The van der Waals surface area contributed by atoms with Crippen LogP contribution in [0.5, 0.6) is 0 Å². The van der Waals surface area contributed by atoms with Crippen LogP contribution in [-0.2, 0) is 33.4 Å². The van der Waals surface area contributed by atoms with E-state index >= 15 is 0 Å². The maximum atomic E-state index is 12.0. The first kappa shape index (κ1) is 37.0. The van der Waals surface area contributed by atoms with E-state index in [0.717, 1.165) is 32.1 Å². The van der Waals surface area contributed by atoms with Crippen LogP contribution >= 0.6 is 0 Å². The van der Waals surface area contributed by atoms with Gasteiger partial charge in [-0.05, 0) is 33.1 Å². The summed E-state index contributed by atoms with van der Waals surface area (Å²) in [5.41, 5.74) is 0. The van der Waals surface area contributed by atoms with Crippen molar-refractivity contribution in [2.24, 2.45) is 5.92 Å². The van der Waals surface area contributed by atoms with E-state index in [2.05, 4.69) is 18.6 Å². The predicted molar refractivity (Wildman–Crippen MR) is 131 cm³/mol. The first-order valence-corrected chi connectivity index (χ1v) is 13.4. The number of hydrogen-bond donors (Lipinski definition) is 0. The van der Waals surface area contributed by atoms with Gasteiger partial charge in [0.05, 0.1) is 5.97 Å². The number of carboxylic acid groups (broad SMARTS) is 1. The van der Waals surface area contributed by atoms with Crippen LogP contribution in [0.1, 0.15) is 125 Å². The summed E-state index contributed by atoms with van der Waals surface area (Å²) < 4.78 is 14.5. The normalized spacial score (nSPS) is 13.3. The summed E-state index contributed by atoms with van der Waals surface area (Å²) in [7, 11) is 0. The van der Waals surface area contributed by atoms with Gasteiger partial charge in [-0.3, -0.25) is 4.79 Å². The van der Waals surface area contributed by atoms with Crippen LogP contribution in [0.25, 0.3) is 0 Å². The second-order valence-corrected chi connectivity index (χ2v) is 9.78. The van der Waals surface area contributed by atoms with E-state index < -0.39 is 42.2 Å². The molecule has 0 aliphatic carbocycles. The molecular weight excluding hydrogens is 475 g/mol. The van der Waals surface area contributed by atoms with Crippen molar-refractivity contribution in [3.63, 3.8) is 0 Å². The Bertz CT molecular complexity index is 623. The van der Waals surface area contributed by atoms with Gasteiger partial charge in [-0.2, -0.15) is 0 Å². The molecule has 9 heteroatoms. The Morgan fingerprint density at radius 1 is 0.556 bits per heavy atom. The summed E-state index contributed by atoms with van der Waals surface area (Å²) in [5.74, 6) is -3.16. The largest absolute Gasteiger partial charge is 1.00 e. The predicted octanol–water partition coefficient (Wildman–Crippen LogP) is 1.65. The van der Waals surface area contributed by atoms with Crippen molar-refractivity contribution in [2.45, 2.75) is 143 Å². The van der Waals surface area contributed by atoms with Gasteiger partial charge in [0.2, 0.25) is 0 Å². The van der Waals surface area contributed by atoms with Crippen LogP contribution in [0.4, 0.5) is 0 Å². The number of carboxylic acids is 1. The third-order valence-electron chi connectivity index (χ3n) is 5.80. The second-order valence-electron chi connectivity index (χ2n) is 9.78. The zero-order valence-electron chi connectivity index (χ0n) is 23.5. The van der Waals surface area contributed by atoms with Crippen molar-refractivity contribution in [3.8, 4) is 0 Å². The molecular formula is C27H47NaO8. The Hall–Kier alpha value is -1.12. The van der Waals surface area contributed by atoms with Gasteiger partial charge in [0.15, 0.2) is 12.2 Å². The summed E-state index contributed by atoms with van der Waals surface area (Å²) in [6.45, 7) is 8.29. The van der Waals surface area contributed by atoms with E-state index in [1.807, 2.05) is 0 Å². The smallest absolute Gasteiger partial charge is 0.546 e. The number of hydrogen-bond acceptors (Lipinski definition) is 8. The van der Waals surface area contributed by atoms with Gasteiger partial charge < -0.3 is 24.1 Å². The molecule has 8 nitrogen and oxygen atoms in total. The minimum Gasteiger partial charge on any atom is -0.546 e. The van der Waals surface area contributed by atoms with Crippen LogP contribution in [-0.4, -0.2) is 42.2 Å². The number of aliphatic carboxylic acids is 1. The number of carbonyl (C=O) groups excluding carboxylic acids is 4. The van der Waals surface area contributed by atoms with Crippen LogP contribution in [0, 0.1) is 5.92 Å². The molecule has 3 atom stereocenters. The fourth-order valence-corrected chi connectivity index (χ4v) is 3.53. The Labute approximate surface area is 239 Å². The molecule has 0 spiro atoms. The quantitative estimate of drug-likeness (QED) is 0.0966. The second kappa shape index (κ2) is 23.0. The van der Waals surface area contributed by atoms with Gasteiger partial charge in [-0.15, -0.1) is 0 Å². The number of esters is 3. The topological polar surface area (TPSA) is 119 Å². The molecule has 0 saturated heterocycles. The molecule has 0 fully saturated rings. The molecule has 0 radical (unpaired) electrons. The average molecular weight is 523 g/mol. The molecule has 204 valence electrons. The van der Waals surface area contributed by atoms with Gasteiger partial charge >= 0.3 is 47.5 Å². The van der Waals surface area contributed by atoms with Crippen molar-refractivity contribution >= 4 is 23.9 Å². The maximum absolute atomic E-state index is 12.0. The first-order chi connectivity index (χ1) is 16.5. The third-order valence-corrected chi connectivity index (χ3v) is 5.80. The zero-order valence-corrected chi connectivity index (χ0v) is 25.5. The minimum absolute atomic E-state index is 0. The van der Waals surface area contributed by atoms with E-state index in [0.29, 0.717) is 6.42 Å². The fourth-order valence-electron chi connectivity index (χ4n) is 3.53. The SMILES string of the molecule is CC(C)CCCCCCCCCCCCCCC(=O)OC(C)C(=O)OC(C)C(=O)OC(C)C(=O)[O-].[Na+]. The molecule has 3 unspecified atom stereocenters. The molecule has 0 aromatic heterocycles. The molecule has 0 bridgehead atoms. The Morgan fingerprint density at radius 2 is 0.917 bits per heavy atom.